The van der Waals surface area contributed by atoms with Crippen LogP contribution in [0.15, 0.2) is 29.4 Å². The molecule has 8 heteroatoms. The fraction of sp³-hybridized carbons (Fsp3) is 0.438. The Labute approximate surface area is 138 Å². The molecule has 1 saturated heterocycles. The van der Waals surface area contributed by atoms with Gasteiger partial charge in [0.1, 0.15) is 6.07 Å². The number of nitrogens with zero attached hydrogens (tertiary/aromatic N) is 3. The Morgan fingerprint density at radius 3 is 2.46 bits per heavy atom. The van der Waals surface area contributed by atoms with Crippen molar-refractivity contribution in [1.29, 1.82) is 10.7 Å². The van der Waals surface area contributed by atoms with Crippen molar-refractivity contribution in [2.45, 2.75) is 31.9 Å². The Balaban J connectivity index is 2.11. The van der Waals surface area contributed by atoms with E-state index in [0.717, 1.165) is 37.8 Å². The molecule has 0 saturated carbocycles. The average Bonchev–Trinajstić information content (AvgIpc) is 2.84. The summed E-state index contributed by atoms with van der Waals surface area (Å²) >= 11 is 0. The van der Waals surface area contributed by atoms with Crippen LogP contribution in [0.1, 0.15) is 31.2 Å². The Morgan fingerprint density at radius 1 is 1.21 bits per heavy atom. The second-order valence-corrected chi connectivity index (χ2v) is 5.51. The van der Waals surface area contributed by atoms with E-state index in [-0.39, 0.29) is 17.2 Å². The van der Waals surface area contributed by atoms with Gasteiger partial charge in [-0.3, -0.25) is 10.8 Å². The number of halogens is 3. The third-order valence-electron chi connectivity index (χ3n) is 3.74. The van der Waals surface area contributed by atoms with Crippen molar-refractivity contribution >= 4 is 17.2 Å². The van der Waals surface area contributed by atoms with Crippen LogP contribution in [0, 0.1) is 16.7 Å². The van der Waals surface area contributed by atoms with Crippen LogP contribution < -0.4 is 5.43 Å². The quantitative estimate of drug-likeness (QED) is 0.500. The molecule has 2 rings (SSSR count). The lowest BCUT2D eigenvalue weighted by Crippen LogP contribution is -2.36. The molecule has 1 aliphatic heterocycles. The molecule has 0 aliphatic carbocycles. The van der Waals surface area contributed by atoms with Gasteiger partial charge >= 0.3 is 6.18 Å². The van der Waals surface area contributed by atoms with E-state index < -0.39 is 11.7 Å². The predicted octanol–water partition coefficient (Wildman–Crippen LogP) is 3.85. The third kappa shape index (κ3) is 4.72. The lowest BCUT2D eigenvalue weighted by molar-refractivity contribution is -0.137. The molecule has 1 aromatic rings. The van der Waals surface area contributed by atoms with Crippen molar-refractivity contribution in [2.75, 3.05) is 18.5 Å². The minimum absolute atomic E-state index is 0.00104. The van der Waals surface area contributed by atoms with Gasteiger partial charge in [0.2, 0.25) is 5.71 Å². The second kappa shape index (κ2) is 7.81. The number of benzene rings is 1. The fourth-order valence-corrected chi connectivity index (χ4v) is 2.46. The first-order chi connectivity index (χ1) is 11.4. The van der Waals surface area contributed by atoms with E-state index >= 15 is 0 Å². The van der Waals surface area contributed by atoms with E-state index in [1.165, 1.54) is 12.1 Å². The number of hydrazone groups is 1. The predicted molar refractivity (Wildman–Crippen MR) is 85.9 cm³/mol. The molecule has 0 aromatic heterocycles. The zero-order chi connectivity index (χ0) is 17.6. The number of nitriles is 1. The monoisotopic (exact) mass is 337 g/mol. The summed E-state index contributed by atoms with van der Waals surface area (Å²) in [6, 6.07) is 6.38. The maximum atomic E-state index is 12.7. The van der Waals surface area contributed by atoms with Gasteiger partial charge in [0.05, 0.1) is 11.3 Å². The van der Waals surface area contributed by atoms with E-state index in [9.17, 15) is 18.4 Å². The number of nitrogens with one attached hydrogen (secondary N) is 2. The highest BCUT2D eigenvalue weighted by molar-refractivity contribution is 6.46. The maximum absolute atomic E-state index is 12.7. The van der Waals surface area contributed by atoms with Crippen LogP contribution in [0.25, 0.3) is 0 Å². The lowest BCUT2D eigenvalue weighted by Gasteiger charge is -2.21. The summed E-state index contributed by atoms with van der Waals surface area (Å²) in [6.07, 6.45) is -0.376. The molecule has 0 radical (unpaired) electrons. The average molecular weight is 337 g/mol. The van der Waals surface area contributed by atoms with E-state index in [2.05, 4.69) is 10.5 Å². The summed E-state index contributed by atoms with van der Waals surface area (Å²) in [6.45, 7) is 1.37. The van der Waals surface area contributed by atoms with Crippen molar-refractivity contribution in [3.8, 4) is 6.07 Å². The Hall–Kier alpha value is -2.56. The largest absolute Gasteiger partial charge is 0.416 e. The molecule has 1 aromatic carbocycles. The molecule has 0 unspecified atom stereocenters. The minimum Gasteiger partial charge on any atom is -0.355 e. The second-order valence-electron chi connectivity index (χ2n) is 5.51. The number of alkyl halides is 3. The summed E-state index contributed by atoms with van der Waals surface area (Å²) in [7, 11) is 0. The van der Waals surface area contributed by atoms with Crippen molar-refractivity contribution < 1.29 is 13.2 Å². The molecule has 0 atom stereocenters. The summed E-state index contributed by atoms with van der Waals surface area (Å²) in [5, 5.41) is 21.1. The summed E-state index contributed by atoms with van der Waals surface area (Å²) in [5.41, 5.74) is 1.61. The van der Waals surface area contributed by atoms with E-state index in [0.29, 0.717) is 13.1 Å². The van der Waals surface area contributed by atoms with Gasteiger partial charge in [-0.2, -0.15) is 23.5 Å². The molecule has 5 nitrogen and oxygen atoms in total. The number of likely N-dealkylation sites (tertiary alicyclic amines) is 1. The maximum Gasteiger partial charge on any atom is 0.416 e. The van der Waals surface area contributed by atoms with Gasteiger partial charge in [-0.05, 0) is 31.0 Å². The molecule has 0 amide bonds. The molecular weight excluding hydrogens is 319 g/mol. The van der Waals surface area contributed by atoms with Gasteiger partial charge in [-0.25, -0.2) is 0 Å². The summed E-state index contributed by atoms with van der Waals surface area (Å²) in [4.78, 5) is 1.78. The molecule has 1 heterocycles. The lowest BCUT2D eigenvalue weighted by atomic mass is 10.2. The van der Waals surface area contributed by atoms with Crippen molar-refractivity contribution in [3.63, 3.8) is 0 Å². The highest BCUT2D eigenvalue weighted by atomic mass is 19.4. The highest BCUT2D eigenvalue weighted by Gasteiger charge is 2.30. The van der Waals surface area contributed by atoms with Crippen LogP contribution in [-0.4, -0.2) is 29.5 Å². The van der Waals surface area contributed by atoms with Crippen molar-refractivity contribution in [3.05, 3.63) is 29.8 Å². The molecule has 2 N–H and O–H groups in total. The summed E-state index contributed by atoms with van der Waals surface area (Å²) < 4.78 is 38.1. The zero-order valence-corrected chi connectivity index (χ0v) is 13.0. The SMILES string of the molecule is N#C/C(=N\Nc1cccc(C(F)(F)F)c1)C(=N)N1CCCCCC1. The minimum atomic E-state index is -4.45. The molecule has 1 fully saturated rings. The molecule has 0 spiro atoms. The first-order valence-electron chi connectivity index (χ1n) is 7.67. The van der Waals surface area contributed by atoms with Crippen LogP contribution in [0.4, 0.5) is 18.9 Å². The zero-order valence-electron chi connectivity index (χ0n) is 13.0. The van der Waals surface area contributed by atoms with Crippen LogP contribution in [0.3, 0.4) is 0 Å². The third-order valence-corrected chi connectivity index (χ3v) is 3.74. The fourth-order valence-electron chi connectivity index (χ4n) is 2.46. The normalized spacial score (nSPS) is 16.2. The van der Waals surface area contributed by atoms with E-state index in [1.54, 1.807) is 4.90 Å². The molecule has 0 bridgehead atoms. The van der Waals surface area contributed by atoms with Gasteiger partial charge < -0.3 is 4.90 Å². The molecule has 128 valence electrons. The van der Waals surface area contributed by atoms with Crippen LogP contribution >= 0.6 is 0 Å². The number of hydrogen-bond acceptors (Lipinski definition) is 4. The highest BCUT2D eigenvalue weighted by Crippen LogP contribution is 2.30. The number of rotatable bonds is 3. The van der Waals surface area contributed by atoms with Crippen LogP contribution in [0.2, 0.25) is 0 Å². The molecule has 1 aliphatic rings. The van der Waals surface area contributed by atoms with Gasteiger partial charge in [0.25, 0.3) is 0 Å². The van der Waals surface area contributed by atoms with Gasteiger partial charge in [-0.1, -0.05) is 18.9 Å². The summed E-state index contributed by atoms with van der Waals surface area (Å²) in [5.74, 6) is -0.00104. The number of hydrogen-bond donors (Lipinski definition) is 2. The standard InChI is InChI=1S/C16H18F3N5/c17-16(18,19)12-6-5-7-13(10-12)22-23-14(11-20)15(21)24-8-3-1-2-4-9-24/h5-7,10,21-22H,1-4,8-9H2/b21-15?,23-14+. The van der Waals surface area contributed by atoms with Gasteiger partial charge in [0.15, 0.2) is 5.84 Å². The molecule has 24 heavy (non-hydrogen) atoms. The van der Waals surface area contributed by atoms with Crippen LogP contribution in [0.5, 0.6) is 0 Å². The Kier molecular flexibility index (Phi) is 5.79. The van der Waals surface area contributed by atoms with Crippen molar-refractivity contribution in [1.82, 2.24) is 4.90 Å². The van der Waals surface area contributed by atoms with E-state index in [4.69, 9.17) is 5.41 Å². The Morgan fingerprint density at radius 2 is 1.88 bits per heavy atom. The van der Waals surface area contributed by atoms with Gasteiger partial charge in [-0.15, -0.1) is 0 Å². The Bertz CT molecular complexity index is 652. The van der Waals surface area contributed by atoms with E-state index in [1.807, 2.05) is 6.07 Å². The topological polar surface area (TPSA) is 75.3 Å². The first kappa shape index (κ1) is 17.8. The van der Waals surface area contributed by atoms with Crippen molar-refractivity contribution in [2.24, 2.45) is 5.10 Å². The first-order valence-corrected chi connectivity index (χ1v) is 7.67. The number of anilines is 1. The number of amidine groups is 1. The molecular formula is C16H18F3N5. The van der Waals surface area contributed by atoms with Crippen LogP contribution in [-0.2, 0) is 6.18 Å². The van der Waals surface area contributed by atoms with Gasteiger partial charge in [0, 0.05) is 13.1 Å². The smallest absolute Gasteiger partial charge is 0.355 e.